The van der Waals surface area contributed by atoms with Gasteiger partial charge in [-0.3, -0.25) is 0 Å². The third kappa shape index (κ3) is 5.57. The Morgan fingerprint density at radius 3 is 1.63 bits per heavy atom. The van der Waals surface area contributed by atoms with Crippen LogP contribution < -0.4 is 4.90 Å². The number of hydrogen-bond donors (Lipinski definition) is 0. The van der Waals surface area contributed by atoms with Crippen LogP contribution in [0.25, 0.3) is 98.4 Å². The zero-order valence-electron chi connectivity index (χ0n) is 32.7. The van der Waals surface area contributed by atoms with Gasteiger partial charge in [0.25, 0.3) is 0 Å². The average Bonchev–Trinajstić information content (AvgIpc) is 3.69. The van der Waals surface area contributed by atoms with Crippen molar-refractivity contribution in [2.24, 2.45) is 0 Å². The lowest BCUT2D eigenvalue weighted by atomic mass is 9.89. The van der Waals surface area contributed by atoms with Crippen molar-refractivity contribution in [3.05, 3.63) is 224 Å². The summed E-state index contributed by atoms with van der Waals surface area (Å²) in [7, 11) is 0. The maximum Gasteiger partial charge on any atom is 0.135 e. The molecule has 2 nitrogen and oxygen atoms in total. The molecule has 0 radical (unpaired) electrons. The number of rotatable bonds is 6. The van der Waals surface area contributed by atoms with Crippen LogP contribution in [-0.4, -0.2) is 0 Å². The quantitative estimate of drug-likeness (QED) is 0.157. The minimum Gasteiger partial charge on any atom is -0.456 e. The van der Waals surface area contributed by atoms with Gasteiger partial charge in [0.1, 0.15) is 11.2 Å². The van der Waals surface area contributed by atoms with Crippen molar-refractivity contribution in [1.29, 1.82) is 0 Å². The van der Waals surface area contributed by atoms with E-state index in [4.69, 9.17) is 4.42 Å². The topological polar surface area (TPSA) is 16.4 Å². The third-order valence-electron chi connectivity index (χ3n) is 12.2. The summed E-state index contributed by atoms with van der Waals surface area (Å²) in [6.45, 7) is 0. The van der Waals surface area contributed by atoms with Crippen LogP contribution in [0.2, 0.25) is 0 Å². The zero-order chi connectivity index (χ0) is 39.6. The smallest absolute Gasteiger partial charge is 0.135 e. The SMILES string of the molecule is c1ccc(-c2ccc3oc4ccc(N(c5ccc(-c6cc7ccc8ccc9ccccc9c8c7c7ccccc67)cc5)c5ccccc5-c5ccccc5)cc4c3c2)cc1. The van der Waals surface area contributed by atoms with Gasteiger partial charge in [0.15, 0.2) is 0 Å². The lowest BCUT2D eigenvalue weighted by Gasteiger charge is -2.28. The van der Waals surface area contributed by atoms with E-state index in [2.05, 4.69) is 229 Å². The maximum absolute atomic E-state index is 6.44. The van der Waals surface area contributed by atoms with Crippen LogP contribution in [-0.2, 0) is 0 Å². The minimum atomic E-state index is 0.870. The molecule has 0 aliphatic carbocycles. The Labute approximate surface area is 347 Å². The van der Waals surface area contributed by atoms with Crippen LogP contribution in [0, 0.1) is 0 Å². The summed E-state index contributed by atoms with van der Waals surface area (Å²) in [5.74, 6) is 0. The Morgan fingerprint density at radius 1 is 0.283 bits per heavy atom. The van der Waals surface area contributed by atoms with Crippen LogP contribution in [0.3, 0.4) is 0 Å². The number of benzene rings is 11. The Bertz CT molecular complexity index is 3590. The standard InChI is InChI=1S/C58H37NO/c1-3-13-38(14-4-1)43-29-33-55-52(35-43)53-37-46(32-34-56(53)60-55)59(54-22-12-11-18-47(54)39-15-5-2-6-16-39)45-30-27-41(28-31-45)51-36-44-26-25-42-24-23-40-17-7-8-19-48(40)57(42)58(44)50-21-10-9-20-49(50)51/h1-37H. The number of furan rings is 1. The first-order valence-corrected chi connectivity index (χ1v) is 20.6. The van der Waals surface area contributed by atoms with Gasteiger partial charge in [0.2, 0.25) is 0 Å². The Hall–Kier alpha value is -7.94. The highest BCUT2D eigenvalue weighted by atomic mass is 16.3. The molecule has 0 spiro atoms. The minimum absolute atomic E-state index is 0.870. The summed E-state index contributed by atoms with van der Waals surface area (Å²) in [5, 5.41) is 12.4. The van der Waals surface area contributed by atoms with Crippen molar-refractivity contribution in [2.75, 3.05) is 4.90 Å². The molecule has 0 saturated heterocycles. The largest absolute Gasteiger partial charge is 0.456 e. The fourth-order valence-corrected chi connectivity index (χ4v) is 9.39. The van der Waals surface area contributed by atoms with E-state index in [0.29, 0.717) is 0 Å². The van der Waals surface area contributed by atoms with E-state index in [1.54, 1.807) is 0 Å². The summed E-state index contributed by atoms with van der Waals surface area (Å²) in [5.41, 5.74) is 12.1. The van der Waals surface area contributed by atoms with E-state index in [1.165, 1.54) is 70.9 Å². The average molecular weight is 764 g/mol. The molecule has 280 valence electrons. The molecule has 0 amide bonds. The van der Waals surface area contributed by atoms with Gasteiger partial charge in [-0.1, -0.05) is 170 Å². The highest BCUT2D eigenvalue weighted by Gasteiger charge is 2.20. The summed E-state index contributed by atoms with van der Waals surface area (Å²) in [4.78, 5) is 2.39. The second-order valence-electron chi connectivity index (χ2n) is 15.6. The molecule has 12 rings (SSSR count). The van der Waals surface area contributed by atoms with E-state index in [9.17, 15) is 0 Å². The Morgan fingerprint density at radius 2 is 0.833 bits per heavy atom. The molecule has 12 aromatic rings. The van der Waals surface area contributed by atoms with Gasteiger partial charge in [-0.2, -0.15) is 0 Å². The Kier molecular flexibility index (Phi) is 7.89. The number of anilines is 3. The highest BCUT2D eigenvalue weighted by Crippen LogP contribution is 2.45. The van der Waals surface area contributed by atoms with Crippen LogP contribution >= 0.6 is 0 Å². The highest BCUT2D eigenvalue weighted by molar-refractivity contribution is 6.29. The van der Waals surface area contributed by atoms with Gasteiger partial charge >= 0.3 is 0 Å². The van der Waals surface area contributed by atoms with Crippen molar-refractivity contribution < 1.29 is 4.42 Å². The molecule has 0 saturated carbocycles. The lowest BCUT2D eigenvalue weighted by molar-refractivity contribution is 0.669. The molecule has 0 N–H and O–H groups in total. The monoisotopic (exact) mass is 763 g/mol. The number of hydrogen-bond acceptors (Lipinski definition) is 2. The van der Waals surface area contributed by atoms with Crippen molar-refractivity contribution in [1.82, 2.24) is 0 Å². The van der Waals surface area contributed by atoms with Crippen LogP contribution in [0.4, 0.5) is 17.1 Å². The number of para-hydroxylation sites is 1. The predicted octanol–water partition coefficient (Wildman–Crippen LogP) is 16.7. The maximum atomic E-state index is 6.44. The molecular weight excluding hydrogens is 727 g/mol. The first kappa shape index (κ1) is 34.1. The van der Waals surface area contributed by atoms with Crippen LogP contribution in [0.1, 0.15) is 0 Å². The number of fused-ring (bicyclic) bond motifs is 10. The predicted molar refractivity (Wildman–Crippen MR) is 255 cm³/mol. The molecule has 60 heavy (non-hydrogen) atoms. The summed E-state index contributed by atoms with van der Waals surface area (Å²) in [6.07, 6.45) is 0. The third-order valence-corrected chi connectivity index (χ3v) is 12.2. The molecule has 1 heterocycles. The zero-order valence-corrected chi connectivity index (χ0v) is 32.7. The van der Waals surface area contributed by atoms with Gasteiger partial charge in [-0.05, 0) is 126 Å². The van der Waals surface area contributed by atoms with Crippen molar-refractivity contribution in [2.45, 2.75) is 0 Å². The normalized spacial score (nSPS) is 11.7. The van der Waals surface area contributed by atoms with Crippen LogP contribution in [0.5, 0.6) is 0 Å². The van der Waals surface area contributed by atoms with E-state index in [1.807, 2.05) is 0 Å². The fraction of sp³-hybridized carbons (Fsp3) is 0. The van der Waals surface area contributed by atoms with E-state index in [0.717, 1.165) is 44.6 Å². The van der Waals surface area contributed by atoms with Gasteiger partial charge in [-0.25, -0.2) is 0 Å². The molecule has 0 atom stereocenters. The van der Waals surface area contributed by atoms with Crippen molar-refractivity contribution in [3.63, 3.8) is 0 Å². The molecule has 0 aliphatic heterocycles. The van der Waals surface area contributed by atoms with Crippen molar-refractivity contribution in [3.8, 4) is 33.4 Å². The second kappa shape index (κ2) is 13.9. The second-order valence-corrected chi connectivity index (χ2v) is 15.6. The van der Waals surface area contributed by atoms with Gasteiger partial charge in [0.05, 0.1) is 5.69 Å². The molecule has 0 bridgehead atoms. The first-order valence-electron chi connectivity index (χ1n) is 20.6. The molecule has 0 aliphatic rings. The molecule has 2 heteroatoms. The lowest BCUT2D eigenvalue weighted by Crippen LogP contribution is -2.11. The molecule has 1 aromatic heterocycles. The summed E-state index contributed by atoms with van der Waals surface area (Å²) >= 11 is 0. The molecule has 0 fully saturated rings. The van der Waals surface area contributed by atoms with E-state index < -0.39 is 0 Å². The molecular formula is C58H37NO. The van der Waals surface area contributed by atoms with Crippen LogP contribution in [0.15, 0.2) is 229 Å². The Balaban J connectivity index is 1.04. The number of nitrogens with zero attached hydrogens (tertiary/aromatic N) is 1. The first-order chi connectivity index (χ1) is 29.7. The molecule has 0 unspecified atom stereocenters. The fourth-order valence-electron chi connectivity index (χ4n) is 9.39. The van der Waals surface area contributed by atoms with E-state index in [-0.39, 0.29) is 0 Å². The van der Waals surface area contributed by atoms with Gasteiger partial charge in [-0.15, -0.1) is 0 Å². The van der Waals surface area contributed by atoms with E-state index >= 15 is 0 Å². The summed E-state index contributed by atoms with van der Waals surface area (Å²) in [6, 6.07) is 81.2. The van der Waals surface area contributed by atoms with Gasteiger partial charge < -0.3 is 9.32 Å². The molecule has 11 aromatic carbocycles. The van der Waals surface area contributed by atoms with Gasteiger partial charge in [0, 0.05) is 27.7 Å². The summed E-state index contributed by atoms with van der Waals surface area (Å²) < 4.78 is 6.44. The van der Waals surface area contributed by atoms with Crippen molar-refractivity contribution >= 4 is 82.1 Å².